The first-order valence-corrected chi connectivity index (χ1v) is 19.2. The molecule has 43 heavy (non-hydrogen) atoms. The van der Waals surface area contributed by atoms with Gasteiger partial charge in [0.1, 0.15) is 0 Å². The zero-order valence-corrected chi connectivity index (χ0v) is 28.6. The Morgan fingerprint density at radius 2 is 0.814 bits per heavy atom. The SMILES string of the molecule is CSc1ccccc1CN(Cc1ccccc1C)[C@@H]1CCCC[C@H]1N(Cc1ccccc1SC)Cc1ccccc1SC. The van der Waals surface area contributed by atoms with Crippen molar-refractivity contribution in [3.63, 3.8) is 0 Å². The van der Waals surface area contributed by atoms with Gasteiger partial charge in [-0.2, -0.15) is 0 Å². The van der Waals surface area contributed by atoms with Crippen LogP contribution in [-0.4, -0.2) is 40.7 Å². The van der Waals surface area contributed by atoms with Gasteiger partial charge in [0.15, 0.2) is 0 Å². The molecule has 0 N–H and O–H groups in total. The van der Waals surface area contributed by atoms with Gasteiger partial charge in [-0.3, -0.25) is 9.80 Å². The number of benzene rings is 4. The van der Waals surface area contributed by atoms with Crippen molar-refractivity contribution in [2.24, 2.45) is 0 Å². The van der Waals surface area contributed by atoms with E-state index < -0.39 is 0 Å². The molecule has 1 aliphatic rings. The van der Waals surface area contributed by atoms with Crippen molar-refractivity contribution in [2.75, 3.05) is 18.8 Å². The van der Waals surface area contributed by atoms with E-state index in [1.807, 2.05) is 35.3 Å². The van der Waals surface area contributed by atoms with Crippen LogP contribution in [0.3, 0.4) is 0 Å². The van der Waals surface area contributed by atoms with Gasteiger partial charge in [-0.15, -0.1) is 35.3 Å². The molecule has 0 unspecified atom stereocenters. The van der Waals surface area contributed by atoms with E-state index in [-0.39, 0.29) is 0 Å². The highest BCUT2D eigenvalue weighted by molar-refractivity contribution is 7.99. The van der Waals surface area contributed by atoms with E-state index in [9.17, 15) is 0 Å². The monoisotopic (exact) mass is 626 g/mol. The highest BCUT2D eigenvalue weighted by Crippen LogP contribution is 2.35. The minimum absolute atomic E-state index is 0.476. The lowest BCUT2D eigenvalue weighted by Crippen LogP contribution is -2.52. The molecular formula is C38H46N2S3. The number of aryl methyl sites for hydroxylation is 1. The van der Waals surface area contributed by atoms with Gasteiger partial charge >= 0.3 is 0 Å². The van der Waals surface area contributed by atoms with Gasteiger partial charge in [0.2, 0.25) is 0 Å². The van der Waals surface area contributed by atoms with E-state index in [2.05, 4.69) is 133 Å². The Labute approximate surface area is 273 Å². The molecule has 4 aromatic rings. The number of thioether (sulfide) groups is 3. The smallest absolute Gasteiger partial charge is 0.0258 e. The fourth-order valence-corrected chi connectivity index (χ4v) is 8.52. The van der Waals surface area contributed by atoms with Crippen LogP contribution in [0.15, 0.2) is 112 Å². The highest BCUT2D eigenvalue weighted by atomic mass is 32.2. The van der Waals surface area contributed by atoms with Crippen molar-refractivity contribution in [2.45, 2.75) is 85.6 Å². The molecule has 1 aliphatic carbocycles. The Balaban J connectivity index is 1.55. The maximum absolute atomic E-state index is 2.83. The number of hydrogen-bond donors (Lipinski definition) is 0. The molecule has 5 heteroatoms. The van der Waals surface area contributed by atoms with Crippen LogP contribution in [0.2, 0.25) is 0 Å². The molecule has 0 radical (unpaired) electrons. The van der Waals surface area contributed by atoms with E-state index >= 15 is 0 Å². The summed E-state index contributed by atoms with van der Waals surface area (Å²) in [7, 11) is 0. The minimum atomic E-state index is 0.476. The topological polar surface area (TPSA) is 6.48 Å². The normalized spacial score (nSPS) is 17.1. The summed E-state index contributed by atoms with van der Waals surface area (Å²) in [5.41, 5.74) is 7.16. The van der Waals surface area contributed by atoms with Gasteiger partial charge in [0, 0.05) is 52.9 Å². The third kappa shape index (κ3) is 8.32. The summed E-state index contributed by atoms with van der Waals surface area (Å²) in [6, 6.07) is 37.0. The predicted molar refractivity (Wildman–Crippen MR) is 190 cm³/mol. The Morgan fingerprint density at radius 1 is 0.488 bits per heavy atom. The maximum atomic E-state index is 2.83. The molecule has 0 bridgehead atoms. The lowest BCUT2D eigenvalue weighted by atomic mass is 9.86. The third-order valence-electron chi connectivity index (χ3n) is 8.96. The summed E-state index contributed by atoms with van der Waals surface area (Å²) in [5, 5.41) is 0. The zero-order valence-electron chi connectivity index (χ0n) is 26.2. The van der Waals surface area contributed by atoms with E-state index in [1.54, 1.807) is 0 Å². The molecule has 0 heterocycles. The van der Waals surface area contributed by atoms with Gasteiger partial charge < -0.3 is 0 Å². The van der Waals surface area contributed by atoms with Crippen molar-refractivity contribution in [3.8, 4) is 0 Å². The van der Waals surface area contributed by atoms with E-state index in [0.717, 1.165) is 26.2 Å². The molecule has 1 saturated carbocycles. The largest absolute Gasteiger partial charge is 0.290 e. The lowest BCUT2D eigenvalue weighted by molar-refractivity contribution is 0.0284. The Morgan fingerprint density at radius 3 is 1.19 bits per heavy atom. The maximum Gasteiger partial charge on any atom is 0.0258 e. The summed E-state index contributed by atoms with van der Waals surface area (Å²) in [5.74, 6) is 0. The summed E-state index contributed by atoms with van der Waals surface area (Å²) >= 11 is 5.61. The molecule has 0 saturated heterocycles. The van der Waals surface area contributed by atoms with E-state index in [0.29, 0.717) is 12.1 Å². The van der Waals surface area contributed by atoms with Gasteiger partial charge in [-0.1, -0.05) is 91.7 Å². The molecule has 1 fully saturated rings. The van der Waals surface area contributed by atoms with E-state index in [1.165, 1.54) is 68.2 Å². The Bertz CT molecular complexity index is 1410. The standard InChI is InChI=1S/C38H46N2S3/c1-29-15-5-6-16-30(29)25-39(26-31-17-7-12-22-36(31)41-2)34-20-10-11-21-35(34)40(27-32-18-8-13-23-37(32)42-3)28-33-19-9-14-24-38(33)43-4/h5-9,12-19,22-24,34-35H,10-11,20-21,25-28H2,1-4H3/t34-,35-/m1/s1. The van der Waals surface area contributed by atoms with Crippen molar-refractivity contribution in [1.29, 1.82) is 0 Å². The van der Waals surface area contributed by atoms with Crippen LogP contribution in [0.25, 0.3) is 0 Å². The van der Waals surface area contributed by atoms with Crippen LogP contribution < -0.4 is 0 Å². The van der Waals surface area contributed by atoms with Crippen molar-refractivity contribution < 1.29 is 0 Å². The number of rotatable bonds is 13. The molecule has 4 aromatic carbocycles. The molecule has 0 aromatic heterocycles. The molecule has 226 valence electrons. The summed E-state index contributed by atoms with van der Waals surface area (Å²) in [4.78, 5) is 9.84. The summed E-state index contributed by atoms with van der Waals surface area (Å²) in [6.07, 6.45) is 11.7. The van der Waals surface area contributed by atoms with Crippen LogP contribution in [-0.2, 0) is 26.2 Å². The average Bonchev–Trinajstić information content (AvgIpc) is 3.06. The fourth-order valence-electron chi connectivity index (χ4n) is 6.69. The van der Waals surface area contributed by atoms with Gasteiger partial charge in [-0.05, 0) is 84.5 Å². The Hall–Kier alpha value is -2.15. The van der Waals surface area contributed by atoms with E-state index in [4.69, 9.17) is 0 Å². The van der Waals surface area contributed by atoms with Crippen molar-refractivity contribution in [1.82, 2.24) is 9.80 Å². The molecule has 0 aliphatic heterocycles. The first-order chi connectivity index (χ1) is 21.1. The molecule has 2 atom stereocenters. The second kappa shape index (κ2) is 16.2. The second-order valence-electron chi connectivity index (χ2n) is 11.6. The number of nitrogens with zero attached hydrogens (tertiary/aromatic N) is 2. The quantitative estimate of drug-likeness (QED) is 0.136. The lowest BCUT2D eigenvalue weighted by Gasteiger charge is -2.46. The molecule has 0 spiro atoms. The second-order valence-corrected chi connectivity index (χ2v) is 14.1. The van der Waals surface area contributed by atoms with Crippen molar-refractivity contribution in [3.05, 3.63) is 125 Å². The molecule has 5 rings (SSSR count). The first-order valence-electron chi connectivity index (χ1n) is 15.5. The molecule has 2 nitrogen and oxygen atoms in total. The first kappa shape index (κ1) is 32.2. The van der Waals surface area contributed by atoms with Gasteiger partial charge in [0.25, 0.3) is 0 Å². The summed E-state index contributed by atoms with van der Waals surface area (Å²) < 4.78 is 0. The van der Waals surface area contributed by atoms with Crippen LogP contribution in [0, 0.1) is 6.92 Å². The van der Waals surface area contributed by atoms with Crippen LogP contribution in [0.1, 0.15) is 53.5 Å². The fraction of sp³-hybridized carbons (Fsp3) is 0.368. The predicted octanol–water partition coefficient (Wildman–Crippen LogP) is 10.2. The number of hydrogen-bond acceptors (Lipinski definition) is 5. The highest BCUT2D eigenvalue weighted by Gasteiger charge is 2.35. The molecule has 0 amide bonds. The minimum Gasteiger partial charge on any atom is -0.290 e. The summed E-state index contributed by atoms with van der Waals surface area (Å²) in [6.45, 7) is 6.17. The average molecular weight is 627 g/mol. The van der Waals surface area contributed by atoms with Gasteiger partial charge in [0.05, 0.1) is 0 Å². The van der Waals surface area contributed by atoms with Crippen molar-refractivity contribution >= 4 is 35.3 Å². The van der Waals surface area contributed by atoms with Crippen LogP contribution in [0.5, 0.6) is 0 Å². The molecular weight excluding hydrogens is 581 g/mol. The Kier molecular flexibility index (Phi) is 12.2. The zero-order chi connectivity index (χ0) is 30.0. The van der Waals surface area contributed by atoms with Crippen LogP contribution in [0.4, 0.5) is 0 Å². The van der Waals surface area contributed by atoms with Crippen LogP contribution >= 0.6 is 35.3 Å². The van der Waals surface area contributed by atoms with Gasteiger partial charge in [-0.25, -0.2) is 0 Å². The third-order valence-corrected chi connectivity index (χ3v) is 11.5.